The summed E-state index contributed by atoms with van der Waals surface area (Å²) in [5, 5.41) is 32.9. The molecule has 4 atom stereocenters. The van der Waals surface area contributed by atoms with Crippen molar-refractivity contribution in [2.75, 3.05) is 6.54 Å². The molecule has 0 aliphatic carbocycles. The average Bonchev–Trinajstić information content (AvgIpc) is 3.61. The number of nitrogens with one attached hydrogen (secondary N) is 6. The number of H-pyrrole nitrogens is 1. The van der Waals surface area contributed by atoms with Gasteiger partial charge in [-0.05, 0) is 81.0 Å². The molecule has 4 rings (SSSR count). The van der Waals surface area contributed by atoms with E-state index >= 15 is 0 Å². The van der Waals surface area contributed by atoms with Gasteiger partial charge in [0.15, 0.2) is 0 Å². The number of alkyl carbamates (subject to hydrolysis) is 1. The highest BCUT2D eigenvalue weighted by atomic mass is 16.6. The first-order chi connectivity index (χ1) is 29.0. The number of aromatic nitrogens is 1. The summed E-state index contributed by atoms with van der Waals surface area (Å²) in [4.78, 5) is 94.5. The van der Waals surface area contributed by atoms with Crippen LogP contribution in [0, 0.1) is 0 Å². The summed E-state index contributed by atoms with van der Waals surface area (Å²) in [5.74, 6) is -5.32. The second kappa shape index (κ2) is 22.3. The van der Waals surface area contributed by atoms with Crippen LogP contribution >= 0.6 is 0 Å². The first kappa shape index (κ1) is 46.5. The lowest BCUT2D eigenvalue weighted by molar-refractivity contribution is -0.141. The standard InChI is InChI=1S/C44H53N7O10/c1-44(2,3)61-43(60)51-35(24-29-26-47-32-14-8-7-13-31(29)32)41(58)48-33(15-9-10-22-46-37(53)21-18-27-16-19-30(52)20-17-27)40(57)50-36(25-38(54)55)42(59)49-34(39(45)56)23-28-11-5-4-6-12-28/h4-8,11-14,16-21,26,33-36,47,52H,9-10,15,22-25H2,1-3H3,(H2,45,56)(H,46,53)(H,48,58)(H,49,59)(H,50,57)(H,51,60)(H,54,55)/b21-18+/t33-,34-,35-,36-/m0/s1. The summed E-state index contributed by atoms with van der Waals surface area (Å²) in [7, 11) is 0. The third kappa shape index (κ3) is 15.8. The largest absolute Gasteiger partial charge is 0.508 e. The summed E-state index contributed by atoms with van der Waals surface area (Å²) in [6, 6.07) is 16.7. The second-order valence-corrected chi connectivity index (χ2v) is 15.3. The minimum atomic E-state index is -1.69. The van der Waals surface area contributed by atoms with E-state index in [2.05, 4.69) is 31.6 Å². The van der Waals surface area contributed by atoms with E-state index < -0.39 is 77.8 Å². The molecule has 4 aromatic rings. The monoisotopic (exact) mass is 839 g/mol. The highest BCUT2D eigenvalue weighted by Crippen LogP contribution is 2.20. The number of ether oxygens (including phenoxy) is 1. The molecule has 0 fully saturated rings. The number of nitrogens with two attached hydrogens (primary N) is 1. The molecular formula is C44H53N7O10. The number of fused-ring (bicyclic) bond motifs is 1. The smallest absolute Gasteiger partial charge is 0.408 e. The third-order valence-corrected chi connectivity index (χ3v) is 9.23. The van der Waals surface area contributed by atoms with Crippen LogP contribution in [0.2, 0.25) is 0 Å². The molecule has 0 radical (unpaired) electrons. The van der Waals surface area contributed by atoms with Gasteiger partial charge in [0.1, 0.15) is 35.5 Å². The van der Waals surface area contributed by atoms with Crippen molar-refractivity contribution in [1.29, 1.82) is 0 Å². The van der Waals surface area contributed by atoms with Crippen LogP contribution in [0.25, 0.3) is 17.0 Å². The van der Waals surface area contributed by atoms with Gasteiger partial charge in [-0.15, -0.1) is 0 Å². The van der Waals surface area contributed by atoms with Gasteiger partial charge in [0.25, 0.3) is 0 Å². The molecule has 0 saturated carbocycles. The Balaban J connectivity index is 1.53. The molecule has 6 amide bonds. The van der Waals surface area contributed by atoms with Crippen LogP contribution in [-0.2, 0) is 46.3 Å². The van der Waals surface area contributed by atoms with Gasteiger partial charge >= 0.3 is 12.1 Å². The number of hydrogen-bond acceptors (Lipinski definition) is 9. The zero-order chi connectivity index (χ0) is 44.5. The normalized spacial score (nSPS) is 13.3. The molecule has 17 heteroatoms. The van der Waals surface area contributed by atoms with Crippen LogP contribution in [0.3, 0.4) is 0 Å². The van der Waals surface area contributed by atoms with E-state index in [4.69, 9.17) is 10.5 Å². The average molecular weight is 840 g/mol. The Labute approximate surface area is 352 Å². The number of aromatic hydroxyl groups is 1. The number of carbonyl (C=O) groups is 7. The van der Waals surface area contributed by atoms with Gasteiger partial charge in [-0.25, -0.2) is 4.79 Å². The highest BCUT2D eigenvalue weighted by Gasteiger charge is 2.33. The number of primary amides is 1. The van der Waals surface area contributed by atoms with E-state index in [1.54, 1.807) is 75.5 Å². The van der Waals surface area contributed by atoms with E-state index in [1.807, 2.05) is 24.3 Å². The van der Waals surface area contributed by atoms with Crippen molar-refractivity contribution in [2.24, 2.45) is 5.73 Å². The maximum atomic E-state index is 14.1. The number of phenols is 1. The van der Waals surface area contributed by atoms with E-state index in [0.29, 0.717) is 23.1 Å². The minimum absolute atomic E-state index is 0.0000608. The number of aliphatic carboxylic acids is 1. The first-order valence-corrected chi connectivity index (χ1v) is 19.7. The fourth-order valence-electron chi connectivity index (χ4n) is 6.22. The van der Waals surface area contributed by atoms with Gasteiger partial charge in [0, 0.05) is 42.6 Å². The third-order valence-electron chi connectivity index (χ3n) is 9.23. The Morgan fingerprint density at radius 2 is 1.38 bits per heavy atom. The second-order valence-electron chi connectivity index (χ2n) is 15.3. The van der Waals surface area contributed by atoms with Gasteiger partial charge in [-0.1, -0.05) is 60.7 Å². The van der Waals surface area contributed by atoms with Crippen molar-refractivity contribution >= 4 is 58.6 Å². The number of carboxylic acids is 1. The molecule has 324 valence electrons. The van der Waals surface area contributed by atoms with Gasteiger partial charge in [-0.2, -0.15) is 0 Å². The summed E-state index contributed by atoms with van der Waals surface area (Å²) < 4.78 is 5.44. The van der Waals surface area contributed by atoms with Gasteiger partial charge in [0.05, 0.1) is 6.42 Å². The zero-order valence-electron chi connectivity index (χ0n) is 34.2. The van der Waals surface area contributed by atoms with Crippen molar-refractivity contribution < 1.29 is 48.5 Å². The first-order valence-electron chi connectivity index (χ1n) is 19.7. The molecule has 0 spiro atoms. The molecule has 0 aliphatic rings. The zero-order valence-corrected chi connectivity index (χ0v) is 34.2. The summed E-state index contributed by atoms with van der Waals surface area (Å²) in [6.07, 6.45) is 3.37. The van der Waals surface area contributed by atoms with Gasteiger partial charge in [0.2, 0.25) is 29.5 Å². The van der Waals surface area contributed by atoms with Gasteiger partial charge < -0.3 is 52.3 Å². The Morgan fingerprint density at radius 3 is 2.05 bits per heavy atom. The number of aromatic amines is 1. The van der Waals surface area contributed by atoms with Crippen LogP contribution in [0.5, 0.6) is 5.75 Å². The van der Waals surface area contributed by atoms with Crippen molar-refractivity contribution in [3.63, 3.8) is 0 Å². The fourth-order valence-corrected chi connectivity index (χ4v) is 6.22. The summed E-state index contributed by atoms with van der Waals surface area (Å²) in [5.41, 5.74) is 7.50. The Hall–Kier alpha value is -7.17. The number of benzene rings is 3. The van der Waals surface area contributed by atoms with Crippen LogP contribution in [0.4, 0.5) is 4.79 Å². The maximum absolute atomic E-state index is 14.1. The minimum Gasteiger partial charge on any atom is -0.508 e. The predicted molar refractivity (Wildman–Crippen MR) is 227 cm³/mol. The topological polar surface area (TPSA) is 271 Å². The Kier molecular flexibility index (Phi) is 17.0. The predicted octanol–water partition coefficient (Wildman–Crippen LogP) is 2.97. The van der Waals surface area contributed by atoms with Crippen LogP contribution < -0.4 is 32.3 Å². The van der Waals surface area contributed by atoms with Crippen LogP contribution in [0.1, 0.15) is 63.1 Å². The maximum Gasteiger partial charge on any atom is 0.408 e. The van der Waals surface area contributed by atoms with Crippen LogP contribution in [-0.4, -0.2) is 93.1 Å². The lowest BCUT2D eigenvalue weighted by Crippen LogP contribution is -2.59. The van der Waals surface area contributed by atoms with E-state index in [-0.39, 0.29) is 38.0 Å². The molecule has 0 bridgehead atoms. The van der Waals surface area contributed by atoms with Crippen molar-refractivity contribution in [2.45, 2.75) is 89.1 Å². The van der Waals surface area contributed by atoms with Gasteiger partial charge in [-0.3, -0.25) is 28.8 Å². The number of unbranched alkanes of at least 4 members (excludes halogenated alkanes) is 1. The number of carboxylic acid groups (broad SMARTS) is 1. The number of amides is 6. The number of rotatable bonds is 21. The SMILES string of the molecule is CC(C)(C)OC(=O)N[C@@H](Cc1c[nH]c2ccccc12)C(=O)N[C@@H](CCCCNC(=O)/C=C/c1ccc(O)cc1)C(=O)N[C@@H](CC(=O)O)C(=O)N[C@@H](Cc1ccccc1)C(N)=O. The van der Waals surface area contributed by atoms with E-state index in [1.165, 1.54) is 18.2 Å². The molecule has 61 heavy (non-hydrogen) atoms. The number of para-hydroxylation sites is 1. The Morgan fingerprint density at radius 1 is 0.754 bits per heavy atom. The molecule has 0 saturated heterocycles. The molecule has 1 heterocycles. The number of hydrogen-bond donors (Lipinski definition) is 9. The quantitative estimate of drug-likeness (QED) is 0.0437. The molecule has 10 N–H and O–H groups in total. The number of carbonyl (C=O) groups excluding carboxylic acids is 6. The molecule has 0 aliphatic heterocycles. The lowest BCUT2D eigenvalue weighted by Gasteiger charge is -2.26. The van der Waals surface area contributed by atoms with E-state index in [0.717, 1.165) is 10.9 Å². The Bertz CT molecular complexity index is 2180. The number of phenolic OH excluding ortho intramolecular Hbond substituents is 1. The van der Waals surface area contributed by atoms with Crippen LogP contribution in [0.15, 0.2) is 91.1 Å². The van der Waals surface area contributed by atoms with Crippen molar-refractivity contribution in [1.82, 2.24) is 31.6 Å². The summed E-state index contributed by atoms with van der Waals surface area (Å²) >= 11 is 0. The lowest BCUT2D eigenvalue weighted by atomic mass is 10.0. The molecule has 1 aromatic heterocycles. The van der Waals surface area contributed by atoms with Crippen molar-refractivity contribution in [3.05, 3.63) is 108 Å². The van der Waals surface area contributed by atoms with Crippen molar-refractivity contribution in [3.8, 4) is 5.75 Å². The van der Waals surface area contributed by atoms with E-state index in [9.17, 15) is 43.8 Å². The highest BCUT2D eigenvalue weighted by molar-refractivity contribution is 5.97. The summed E-state index contributed by atoms with van der Waals surface area (Å²) in [6.45, 7) is 5.16. The molecular weight excluding hydrogens is 787 g/mol. The molecule has 3 aromatic carbocycles. The molecule has 0 unspecified atom stereocenters. The fraction of sp³-hybridized carbons (Fsp3) is 0.341. The molecule has 17 nitrogen and oxygen atoms in total.